The molecule has 36 heavy (non-hydrogen) atoms. The molecule has 0 fully saturated rings. The van der Waals surface area contributed by atoms with Gasteiger partial charge in [0.1, 0.15) is 24.7 Å². The van der Waals surface area contributed by atoms with Crippen molar-refractivity contribution >= 4 is 5.97 Å². The Morgan fingerprint density at radius 2 is 1.33 bits per heavy atom. The van der Waals surface area contributed by atoms with Gasteiger partial charge in [-0.3, -0.25) is 0 Å². The van der Waals surface area contributed by atoms with Gasteiger partial charge in [0.2, 0.25) is 0 Å². The maximum absolute atomic E-state index is 11.5. The zero-order valence-electron chi connectivity index (χ0n) is 20.5. The number of nitrogens with zero attached hydrogens (tertiary/aromatic N) is 3. The van der Waals surface area contributed by atoms with Gasteiger partial charge >= 0.3 is 5.97 Å². The van der Waals surface area contributed by atoms with Gasteiger partial charge in [-0.25, -0.2) is 19.7 Å². The van der Waals surface area contributed by atoms with E-state index in [4.69, 9.17) is 14.5 Å². The van der Waals surface area contributed by atoms with Crippen molar-refractivity contribution in [3.05, 3.63) is 90.0 Å². The molecule has 3 aromatic carbocycles. The van der Waals surface area contributed by atoms with Crippen molar-refractivity contribution < 1.29 is 19.4 Å². The summed E-state index contributed by atoms with van der Waals surface area (Å²) in [4.78, 5) is 25.5. The average molecular weight is 482 g/mol. The standard InChI is InChI=1S/C29H27N3O4/c1-18(2)29(34)36-16-15-35-23-13-14-24(25(33)17-23)28-31-26(21-9-5-19(3)6-10-21)30-27(32-28)22-11-7-20(4)8-12-22/h5-14,17,33H,1,15-16H2,2-4H3. The van der Waals surface area contributed by atoms with Gasteiger partial charge in [0, 0.05) is 22.8 Å². The average Bonchev–Trinajstić information content (AvgIpc) is 2.87. The lowest BCUT2D eigenvalue weighted by molar-refractivity contribution is -0.139. The summed E-state index contributed by atoms with van der Waals surface area (Å²) in [5, 5.41) is 10.8. The van der Waals surface area contributed by atoms with E-state index in [-0.39, 0.29) is 19.0 Å². The summed E-state index contributed by atoms with van der Waals surface area (Å²) in [6.45, 7) is 9.36. The van der Waals surface area contributed by atoms with E-state index in [9.17, 15) is 9.90 Å². The van der Waals surface area contributed by atoms with Crippen LogP contribution in [-0.4, -0.2) is 39.2 Å². The predicted octanol–water partition coefficient (Wildman–Crippen LogP) is 5.69. The van der Waals surface area contributed by atoms with Gasteiger partial charge < -0.3 is 14.6 Å². The van der Waals surface area contributed by atoms with Gasteiger partial charge in [-0.05, 0) is 32.9 Å². The Bertz CT molecular complexity index is 1330. The molecule has 4 aromatic rings. The Morgan fingerprint density at radius 3 is 1.83 bits per heavy atom. The van der Waals surface area contributed by atoms with Crippen molar-refractivity contribution in [1.82, 2.24) is 15.0 Å². The van der Waals surface area contributed by atoms with E-state index < -0.39 is 5.97 Å². The third kappa shape index (κ3) is 5.93. The molecule has 0 aliphatic heterocycles. The number of benzene rings is 3. The molecule has 0 aliphatic rings. The largest absolute Gasteiger partial charge is 0.507 e. The molecule has 1 heterocycles. The molecule has 0 saturated heterocycles. The number of carbonyl (C=O) groups excluding carboxylic acids is 1. The number of hydrogen-bond acceptors (Lipinski definition) is 7. The Hall–Kier alpha value is -4.52. The van der Waals surface area contributed by atoms with Crippen molar-refractivity contribution in [3.63, 3.8) is 0 Å². The van der Waals surface area contributed by atoms with Gasteiger partial charge in [-0.2, -0.15) is 0 Å². The number of aromatic hydroxyl groups is 1. The number of rotatable bonds is 8. The molecule has 4 rings (SSSR count). The summed E-state index contributed by atoms with van der Waals surface area (Å²) in [5.41, 5.74) is 4.73. The second kappa shape index (κ2) is 10.8. The zero-order chi connectivity index (χ0) is 25.7. The molecule has 0 radical (unpaired) electrons. The molecule has 7 heteroatoms. The van der Waals surface area contributed by atoms with Crippen LogP contribution in [0.3, 0.4) is 0 Å². The summed E-state index contributed by atoms with van der Waals surface area (Å²) >= 11 is 0. The number of esters is 1. The molecule has 0 saturated carbocycles. The maximum Gasteiger partial charge on any atom is 0.333 e. The van der Waals surface area contributed by atoms with Gasteiger partial charge in [0.25, 0.3) is 0 Å². The van der Waals surface area contributed by atoms with Gasteiger partial charge in [0.05, 0.1) is 5.56 Å². The highest BCUT2D eigenvalue weighted by molar-refractivity contribution is 5.86. The normalized spacial score (nSPS) is 10.6. The van der Waals surface area contributed by atoms with Crippen LogP contribution in [-0.2, 0) is 9.53 Å². The summed E-state index contributed by atoms with van der Waals surface area (Å²) in [7, 11) is 0. The summed E-state index contributed by atoms with van der Waals surface area (Å²) in [6.07, 6.45) is 0. The van der Waals surface area contributed by atoms with E-state index in [1.165, 1.54) is 6.07 Å². The summed E-state index contributed by atoms with van der Waals surface area (Å²) < 4.78 is 10.6. The van der Waals surface area contributed by atoms with Crippen LogP contribution in [0, 0.1) is 13.8 Å². The van der Waals surface area contributed by atoms with E-state index in [0.29, 0.717) is 34.4 Å². The van der Waals surface area contributed by atoms with Crippen LogP contribution in [0.15, 0.2) is 78.9 Å². The Balaban J connectivity index is 1.64. The van der Waals surface area contributed by atoms with Crippen molar-refractivity contribution in [2.75, 3.05) is 13.2 Å². The Labute approximate surface area is 210 Å². The Kier molecular flexibility index (Phi) is 7.39. The lowest BCUT2D eigenvalue weighted by Crippen LogP contribution is -2.12. The minimum atomic E-state index is -0.472. The zero-order valence-corrected chi connectivity index (χ0v) is 20.5. The molecule has 1 aromatic heterocycles. The number of aryl methyl sites for hydroxylation is 2. The van der Waals surface area contributed by atoms with Crippen LogP contribution < -0.4 is 4.74 Å². The monoisotopic (exact) mass is 481 g/mol. The SMILES string of the molecule is C=C(C)C(=O)OCCOc1ccc(-c2nc(-c3ccc(C)cc3)nc(-c3ccc(C)cc3)n2)c(O)c1. The van der Waals surface area contributed by atoms with E-state index in [0.717, 1.165) is 22.3 Å². The maximum atomic E-state index is 11.5. The van der Waals surface area contributed by atoms with Crippen molar-refractivity contribution in [3.8, 4) is 45.7 Å². The molecular formula is C29H27N3O4. The summed E-state index contributed by atoms with van der Waals surface area (Å²) in [6, 6.07) is 20.7. The fraction of sp³-hybridized carbons (Fsp3) is 0.172. The molecule has 0 unspecified atom stereocenters. The highest BCUT2D eigenvalue weighted by atomic mass is 16.6. The number of hydrogen-bond donors (Lipinski definition) is 1. The minimum absolute atomic E-state index is 0.0395. The van der Waals surface area contributed by atoms with Crippen LogP contribution in [0.2, 0.25) is 0 Å². The number of carbonyl (C=O) groups is 1. The number of ether oxygens (including phenoxy) is 2. The van der Waals surface area contributed by atoms with Crippen molar-refractivity contribution in [1.29, 1.82) is 0 Å². The van der Waals surface area contributed by atoms with E-state index in [2.05, 4.69) is 16.5 Å². The first-order chi connectivity index (χ1) is 17.3. The van der Waals surface area contributed by atoms with E-state index in [1.54, 1.807) is 19.1 Å². The molecule has 182 valence electrons. The first kappa shape index (κ1) is 24.6. The quantitative estimate of drug-likeness (QED) is 0.196. The highest BCUT2D eigenvalue weighted by Crippen LogP contribution is 2.32. The van der Waals surface area contributed by atoms with Crippen LogP contribution in [0.4, 0.5) is 0 Å². The molecule has 7 nitrogen and oxygen atoms in total. The first-order valence-corrected chi connectivity index (χ1v) is 11.5. The minimum Gasteiger partial charge on any atom is -0.507 e. The van der Waals surface area contributed by atoms with Gasteiger partial charge in [-0.15, -0.1) is 0 Å². The molecule has 0 spiro atoms. The molecular weight excluding hydrogens is 454 g/mol. The highest BCUT2D eigenvalue weighted by Gasteiger charge is 2.15. The third-order valence-electron chi connectivity index (χ3n) is 5.40. The smallest absolute Gasteiger partial charge is 0.333 e. The number of aromatic nitrogens is 3. The fourth-order valence-electron chi connectivity index (χ4n) is 3.37. The van der Waals surface area contributed by atoms with Crippen LogP contribution >= 0.6 is 0 Å². The van der Waals surface area contributed by atoms with Crippen LogP contribution in [0.5, 0.6) is 11.5 Å². The number of phenolic OH excluding ortho intramolecular Hbond substituents is 1. The van der Waals surface area contributed by atoms with Crippen molar-refractivity contribution in [2.24, 2.45) is 0 Å². The lowest BCUT2D eigenvalue weighted by Gasteiger charge is -2.11. The lowest BCUT2D eigenvalue weighted by atomic mass is 10.1. The van der Waals surface area contributed by atoms with Crippen LogP contribution in [0.25, 0.3) is 34.2 Å². The Morgan fingerprint density at radius 1 is 0.806 bits per heavy atom. The van der Waals surface area contributed by atoms with Gasteiger partial charge in [-0.1, -0.05) is 66.2 Å². The molecule has 0 amide bonds. The van der Waals surface area contributed by atoms with E-state index >= 15 is 0 Å². The fourth-order valence-corrected chi connectivity index (χ4v) is 3.37. The molecule has 0 atom stereocenters. The predicted molar refractivity (Wildman–Crippen MR) is 139 cm³/mol. The topological polar surface area (TPSA) is 94.4 Å². The second-order valence-electron chi connectivity index (χ2n) is 8.48. The second-order valence-corrected chi connectivity index (χ2v) is 8.48. The first-order valence-electron chi connectivity index (χ1n) is 11.5. The molecule has 0 bridgehead atoms. The van der Waals surface area contributed by atoms with Crippen molar-refractivity contribution in [2.45, 2.75) is 20.8 Å². The van der Waals surface area contributed by atoms with E-state index in [1.807, 2.05) is 62.4 Å². The van der Waals surface area contributed by atoms with Gasteiger partial charge in [0.15, 0.2) is 17.5 Å². The number of phenols is 1. The molecule has 1 N–H and O–H groups in total. The van der Waals surface area contributed by atoms with Crippen LogP contribution in [0.1, 0.15) is 18.1 Å². The third-order valence-corrected chi connectivity index (χ3v) is 5.40. The summed E-state index contributed by atoms with van der Waals surface area (Å²) in [5.74, 6) is 1.27. The molecule has 0 aliphatic carbocycles.